The van der Waals surface area contributed by atoms with Crippen LogP contribution in [0.1, 0.15) is 19.8 Å². The van der Waals surface area contributed by atoms with Crippen molar-refractivity contribution < 1.29 is 9.47 Å². The molecule has 1 aliphatic rings. The van der Waals surface area contributed by atoms with Gasteiger partial charge in [-0.25, -0.2) is 4.99 Å². The molecule has 1 heterocycles. The summed E-state index contributed by atoms with van der Waals surface area (Å²) >= 11 is 0. The summed E-state index contributed by atoms with van der Waals surface area (Å²) in [6.45, 7) is 2.68. The molecule has 4 nitrogen and oxygen atoms in total. The van der Waals surface area contributed by atoms with E-state index in [0.29, 0.717) is 12.6 Å². The lowest BCUT2D eigenvalue weighted by molar-refractivity contribution is 0.169. The van der Waals surface area contributed by atoms with Crippen LogP contribution in [0.25, 0.3) is 10.8 Å². The van der Waals surface area contributed by atoms with E-state index >= 15 is 0 Å². The van der Waals surface area contributed by atoms with Crippen LogP contribution in [0.5, 0.6) is 5.75 Å². The normalized spacial score (nSPS) is 19.1. The molecule has 0 unspecified atom stereocenters. The molecule has 1 aliphatic heterocycles. The van der Waals surface area contributed by atoms with E-state index in [-0.39, 0.29) is 12.1 Å². The number of hydrogen-bond acceptors (Lipinski definition) is 4. The molecular formula is C17H20N2O2. The number of ether oxygens (including phenoxy) is 2. The second-order valence-corrected chi connectivity index (χ2v) is 5.32. The first-order valence-electron chi connectivity index (χ1n) is 7.36. The summed E-state index contributed by atoms with van der Waals surface area (Å²) in [5.41, 5.74) is 5.54. The average Bonchev–Trinajstić information content (AvgIpc) is 2.91. The van der Waals surface area contributed by atoms with E-state index in [2.05, 4.69) is 36.2 Å². The van der Waals surface area contributed by atoms with Crippen molar-refractivity contribution in [1.29, 1.82) is 0 Å². The van der Waals surface area contributed by atoms with E-state index < -0.39 is 0 Å². The molecular weight excluding hydrogens is 264 g/mol. The summed E-state index contributed by atoms with van der Waals surface area (Å²) in [6.07, 6.45) is 1.87. The highest BCUT2D eigenvalue weighted by molar-refractivity contribution is 5.83. The fourth-order valence-electron chi connectivity index (χ4n) is 2.59. The number of amidine groups is 1. The average molecular weight is 284 g/mol. The number of nitrogens with two attached hydrogens (primary N) is 1. The van der Waals surface area contributed by atoms with Crippen molar-refractivity contribution in [3.8, 4) is 5.75 Å². The summed E-state index contributed by atoms with van der Waals surface area (Å²) in [5, 5.41) is 2.41. The lowest BCUT2D eigenvalue weighted by atomic mass is 10.1. The lowest BCUT2D eigenvalue weighted by Gasteiger charge is -2.19. The molecule has 2 N–H and O–H groups in total. The van der Waals surface area contributed by atoms with Crippen LogP contribution in [0, 0.1) is 0 Å². The highest BCUT2D eigenvalue weighted by Gasteiger charge is 2.21. The van der Waals surface area contributed by atoms with Gasteiger partial charge in [-0.2, -0.15) is 0 Å². The van der Waals surface area contributed by atoms with Crippen molar-refractivity contribution in [3.05, 3.63) is 42.5 Å². The van der Waals surface area contributed by atoms with Crippen molar-refractivity contribution in [2.24, 2.45) is 10.7 Å². The van der Waals surface area contributed by atoms with Crippen LogP contribution in [-0.4, -0.2) is 24.8 Å². The molecule has 0 radical (unpaired) electrons. The molecule has 4 heteroatoms. The van der Waals surface area contributed by atoms with Gasteiger partial charge in [0.05, 0.1) is 6.04 Å². The van der Waals surface area contributed by atoms with E-state index in [0.717, 1.165) is 18.6 Å². The highest BCUT2D eigenvalue weighted by Crippen LogP contribution is 2.23. The van der Waals surface area contributed by atoms with E-state index in [4.69, 9.17) is 15.2 Å². The van der Waals surface area contributed by atoms with Gasteiger partial charge in [0, 0.05) is 6.42 Å². The third-order valence-electron chi connectivity index (χ3n) is 3.75. The number of aliphatic imine (C=N–C) groups is 1. The van der Waals surface area contributed by atoms with Gasteiger partial charge in [-0.1, -0.05) is 37.3 Å². The Bertz CT molecular complexity index is 654. The molecule has 0 aliphatic carbocycles. The zero-order valence-electron chi connectivity index (χ0n) is 12.2. The van der Waals surface area contributed by atoms with Crippen molar-refractivity contribution in [3.63, 3.8) is 0 Å². The topological polar surface area (TPSA) is 56.8 Å². The second-order valence-electron chi connectivity index (χ2n) is 5.32. The first-order valence-corrected chi connectivity index (χ1v) is 7.36. The van der Waals surface area contributed by atoms with Crippen LogP contribution in [0.4, 0.5) is 0 Å². The van der Waals surface area contributed by atoms with Crippen LogP contribution >= 0.6 is 0 Å². The maximum atomic E-state index is 6.10. The molecule has 21 heavy (non-hydrogen) atoms. The van der Waals surface area contributed by atoms with Crippen LogP contribution in [0.15, 0.2) is 47.5 Å². The molecule has 0 fully saturated rings. The first-order chi connectivity index (χ1) is 10.2. The fourth-order valence-corrected chi connectivity index (χ4v) is 2.59. The van der Waals surface area contributed by atoms with Gasteiger partial charge in [0.2, 0.25) is 0 Å². The molecule has 0 saturated heterocycles. The van der Waals surface area contributed by atoms with E-state index in [1.807, 2.05) is 18.2 Å². The van der Waals surface area contributed by atoms with Gasteiger partial charge in [-0.15, -0.1) is 0 Å². The minimum absolute atomic E-state index is 0.107. The first kappa shape index (κ1) is 13.7. The Labute approximate surface area is 124 Å². The fraction of sp³-hybridized carbons (Fsp3) is 0.353. The van der Waals surface area contributed by atoms with Crippen molar-refractivity contribution in [2.75, 3.05) is 6.61 Å². The van der Waals surface area contributed by atoms with Gasteiger partial charge in [-0.05, 0) is 29.3 Å². The Morgan fingerprint density at radius 2 is 2.10 bits per heavy atom. The third-order valence-corrected chi connectivity index (χ3v) is 3.75. The van der Waals surface area contributed by atoms with Crippen LogP contribution in [-0.2, 0) is 4.74 Å². The second kappa shape index (κ2) is 6.04. The minimum Gasteiger partial charge on any atom is -0.490 e. The van der Waals surface area contributed by atoms with Gasteiger partial charge in [0.15, 0.2) is 0 Å². The smallest absolute Gasteiger partial charge is 0.282 e. The largest absolute Gasteiger partial charge is 0.490 e. The van der Waals surface area contributed by atoms with Crippen molar-refractivity contribution in [1.82, 2.24) is 0 Å². The van der Waals surface area contributed by atoms with Gasteiger partial charge in [0.25, 0.3) is 6.02 Å². The SMILES string of the molecule is CC[C@H](C[C@H]1COC(N)=N1)Oc1ccc2ccccc2c1. The zero-order chi connectivity index (χ0) is 14.7. The maximum absolute atomic E-state index is 6.10. The van der Waals surface area contributed by atoms with Crippen LogP contribution in [0.2, 0.25) is 0 Å². The van der Waals surface area contributed by atoms with Gasteiger partial charge < -0.3 is 15.2 Å². The van der Waals surface area contributed by atoms with Gasteiger partial charge >= 0.3 is 0 Å². The van der Waals surface area contributed by atoms with Crippen LogP contribution in [0.3, 0.4) is 0 Å². The third kappa shape index (κ3) is 3.27. The molecule has 2 aromatic rings. The number of nitrogens with zero attached hydrogens (tertiary/aromatic N) is 1. The molecule has 0 bridgehead atoms. The maximum Gasteiger partial charge on any atom is 0.282 e. The number of hydrogen-bond donors (Lipinski definition) is 1. The molecule has 2 atom stereocenters. The Kier molecular flexibility index (Phi) is 3.95. The Morgan fingerprint density at radius 1 is 1.29 bits per heavy atom. The Hall–Kier alpha value is -2.23. The quantitative estimate of drug-likeness (QED) is 0.918. The monoisotopic (exact) mass is 284 g/mol. The molecule has 0 amide bonds. The Morgan fingerprint density at radius 3 is 2.81 bits per heavy atom. The number of rotatable bonds is 5. The predicted molar refractivity (Wildman–Crippen MR) is 84.6 cm³/mol. The van der Waals surface area contributed by atoms with E-state index in [9.17, 15) is 0 Å². The summed E-state index contributed by atoms with van der Waals surface area (Å²) in [4.78, 5) is 4.26. The molecule has 2 aromatic carbocycles. The summed E-state index contributed by atoms with van der Waals surface area (Å²) in [7, 11) is 0. The molecule has 0 aromatic heterocycles. The number of benzene rings is 2. The minimum atomic E-state index is 0.107. The summed E-state index contributed by atoms with van der Waals surface area (Å²) in [5.74, 6) is 0.899. The van der Waals surface area contributed by atoms with E-state index in [1.54, 1.807) is 0 Å². The van der Waals surface area contributed by atoms with Gasteiger partial charge in [0.1, 0.15) is 18.5 Å². The molecule has 0 saturated carbocycles. The molecule has 0 spiro atoms. The number of fused-ring (bicyclic) bond motifs is 1. The highest BCUT2D eigenvalue weighted by atomic mass is 16.5. The van der Waals surface area contributed by atoms with Crippen molar-refractivity contribution in [2.45, 2.75) is 31.9 Å². The lowest BCUT2D eigenvalue weighted by Crippen LogP contribution is -2.22. The predicted octanol–water partition coefficient (Wildman–Crippen LogP) is 3.10. The summed E-state index contributed by atoms with van der Waals surface area (Å²) < 4.78 is 11.3. The Balaban J connectivity index is 1.70. The van der Waals surface area contributed by atoms with E-state index in [1.165, 1.54) is 10.8 Å². The molecule has 110 valence electrons. The van der Waals surface area contributed by atoms with Crippen LogP contribution < -0.4 is 10.5 Å². The van der Waals surface area contributed by atoms with Gasteiger partial charge in [-0.3, -0.25) is 0 Å². The summed E-state index contributed by atoms with van der Waals surface area (Å²) in [6, 6.07) is 14.9. The zero-order valence-corrected chi connectivity index (χ0v) is 12.2. The standard InChI is InChI=1S/C17H20N2O2/c1-2-15(10-14-11-20-17(18)19-14)21-16-8-7-12-5-3-4-6-13(12)9-16/h3-9,14-15H,2,10-11H2,1H3,(H2,18,19)/t14-,15+/m0/s1. The molecule has 3 rings (SSSR count). The van der Waals surface area contributed by atoms with Crippen molar-refractivity contribution >= 4 is 16.8 Å².